The van der Waals surface area contributed by atoms with Gasteiger partial charge in [0, 0.05) is 17.5 Å². The fraction of sp³-hybridized carbons (Fsp3) is 0.571. The summed E-state index contributed by atoms with van der Waals surface area (Å²) in [5.41, 5.74) is 9.33. The molecule has 92 valence electrons. The SMILES string of the molecule is NCC1(c2cc3c(c(Cl)c2O)CCCC3)CC1. The van der Waals surface area contributed by atoms with Crippen molar-refractivity contribution in [2.24, 2.45) is 5.73 Å². The molecule has 0 heterocycles. The Morgan fingerprint density at radius 2 is 2.00 bits per heavy atom. The number of halogens is 1. The van der Waals surface area contributed by atoms with Crippen LogP contribution in [-0.4, -0.2) is 11.7 Å². The van der Waals surface area contributed by atoms with Crippen molar-refractivity contribution in [3.8, 4) is 5.75 Å². The van der Waals surface area contributed by atoms with Crippen molar-refractivity contribution >= 4 is 11.6 Å². The van der Waals surface area contributed by atoms with Gasteiger partial charge >= 0.3 is 0 Å². The van der Waals surface area contributed by atoms with Crippen LogP contribution in [0.25, 0.3) is 0 Å². The van der Waals surface area contributed by atoms with Crippen molar-refractivity contribution in [1.29, 1.82) is 0 Å². The summed E-state index contributed by atoms with van der Waals surface area (Å²) in [6, 6.07) is 2.16. The lowest BCUT2D eigenvalue weighted by atomic mass is 9.85. The number of aromatic hydroxyl groups is 1. The fourth-order valence-corrected chi connectivity index (χ4v) is 3.30. The van der Waals surface area contributed by atoms with Crippen LogP contribution in [0.4, 0.5) is 0 Å². The molecule has 1 aromatic carbocycles. The predicted molar refractivity (Wildman–Crippen MR) is 69.7 cm³/mol. The average molecular weight is 252 g/mol. The summed E-state index contributed by atoms with van der Waals surface area (Å²) >= 11 is 6.32. The van der Waals surface area contributed by atoms with Crippen LogP contribution in [0.15, 0.2) is 6.07 Å². The molecule has 0 aliphatic heterocycles. The van der Waals surface area contributed by atoms with E-state index in [-0.39, 0.29) is 11.2 Å². The molecule has 3 rings (SSSR count). The van der Waals surface area contributed by atoms with Crippen LogP contribution in [0, 0.1) is 0 Å². The first-order valence-corrected chi connectivity index (χ1v) is 6.79. The highest BCUT2D eigenvalue weighted by molar-refractivity contribution is 6.33. The summed E-state index contributed by atoms with van der Waals surface area (Å²) < 4.78 is 0. The Balaban J connectivity index is 2.14. The normalized spacial score (nSPS) is 21.1. The Hall–Kier alpha value is -0.730. The van der Waals surface area contributed by atoms with Gasteiger partial charge in [0.15, 0.2) is 0 Å². The minimum atomic E-state index is 0.0141. The number of phenols is 1. The largest absolute Gasteiger partial charge is 0.506 e. The van der Waals surface area contributed by atoms with Crippen LogP contribution in [-0.2, 0) is 18.3 Å². The molecule has 0 saturated heterocycles. The van der Waals surface area contributed by atoms with Gasteiger partial charge in [-0.05, 0) is 49.7 Å². The van der Waals surface area contributed by atoms with Crippen molar-refractivity contribution in [1.82, 2.24) is 0 Å². The highest BCUT2D eigenvalue weighted by Crippen LogP contribution is 2.53. The monoisotopic (exact) mass is 251 g/mol. The fourth-order valence-electron chi connectivity index (χ4n) is 2.98. The third-order valence-corrected chi connectivity index (χ3v) is 4.78. The van der Waals surface area contributed by atoms with Crippen molar-refractivity contribution in [2.75, 3.05) is 6.54 Å². The van der Waals surface area contributed by atoms with Crippen LogP contribution < -0.4 is 5.73 Å². The van der Waals surface area contributed by atoms with Gasteiger partial charge in [0.25, 0.3) is 0 Å². The Bertz CT molecular complexity index is 466. The molecular weight excluding hydrogens is 234 g/mol. The number of fused-ring (bicyclic) bond motifs is 1. The number of rotatable bonds is 2. The molecule has 1 saturated carbocycles. The lowest BCUT2D eigenvalue weighted by Gasteiger charge is -2.23. The highest BCUT2D eigenvalue weighted by Gasteiger charge is 2.45. The molecule has 0 bridgehead atoms. The number of benzene rings is 1. The molecule has 0 radical (unpaired) electrons. The van der Waals surface area contributed by atoms with E-state index in [4.69, 9.17) is 17.3 Å². The molecule has 3 N–H and O–H groups in total. The van der Waals surface area contributed by atoms with E-state index in [2.05, 4.69) is 6.07 Å². The van der Waals surface area contributed by atoms with E-state index >= 15 is 0 Å². The zero-order valence-corrected chi connectivity index (χ0v) is 10.7. The molecule has 2 nitrogen and oxygen atoms in total. The summed E-state index contributed by atoms with van der Waals surface area (Å²) in [6.07, 6.45) is 6.63. The molecule has 1 fully saturated rings. The van der Waals surface area contributed by atoms with Crippen molar-refractivity contribution in [2.45, 2.75) is 43.9 Å². The lowest BCUT2D eigenvalue weighted by Crippen LogP contribution is -2.21. The number of phenolic OH excluding ortho intramolecular Hbond substituents is 1. The molecule has 0 unspecified atom stereocenters. The van der Waals surface area contributed by atoms with Crippen LogP contribution in [0.3, 0.4) is 0 Å². The third kappa shape index (κ3) is 1.66. The Morgan fingerprint density at radius 3 is 2.65 bits per heavy atom. The lowest BCUT2D eigenvalue weighted by molar-refractivity contribution is 0.457. The summed E-state index contributed by atoms with van der Waals surface area (Å²) in [6.45, 7) is 0.607. The molecule has 0 atom stereocenters. The van der Waals surface area contributed by atoms with Gasteiger partial charge in [-0.25, -0.2) is 0 Å². The molecule has 17 heavy (non-hydrogen) atoms. The first kappa shape index (κ1) is 11.4. The Kier molecular flexibility index (Phi) is 2.60. The van der Waals surface area contributed by atoms with Crippen LogP contribution in [0.2, 0.25) is 5.02 Å². The number of hydrogen-bond acceptors (Lipinski definition) is 2. The summed E-state index contributed by atoms with van der Waals surface area (Å²) in [5, 5.41) is 10.9. The van der Waals surface area contributed by atoms with Gasteiger partial charge in [-0.3, -0.25) is 0 Å². The molecule has 3 heteroatoms. The standard InChI is InChI=1S/C14H18ClNO/c15-12-10-4-2-1-3-9(10)7-11(13(12)17)14(8-16)5-6-14/h7,17H,1-6,8,16H2. The molecule has 0 amide bonds. The Morgan fingerprint density at radius 1 is 1.29 bits per heavy atom. The van der Waals surface area contributed by atoms with Crippen LogP contribution in [0.1, 0.15) is 42.4 Å². The topological polar surface area (TPSA) is 46.2 Å². The van der Waals surface area contributed by atoms with E-state index in [1.54, 1.807) is 0 Å². The maximum atomic E-state index is 10.3. The van der Waals surface area contributed by atoms with Gasteiger partial charge < -0.3 is 10.8 Å². The molecule has 0 spiro atoms. The van der Waals surface area contributed by atoms with E-state index in [9.17, 15) is 5.11 Å². The van der Waals surface area contributed by atoms with E-state index < -0.39 is 0 Å². The van der Waals surface area contributed by atoms with Gasteiger partial charge in [-0.1, -0.05) is 17.7 Å². The van der Waals surface area contributed by atoms with E-state index in [1.165, 1.54) is 18.4 Å². The summed E-state index contributed by atoms with van der Waals surface area (Å²) in [7, 11) is 0. The maximum absolute atomic E-state index is 10.3. The first-order valence-electron chi connectivity index (χ1n) is 6.42. The van der Waals surface area contributed by atoms with Gasteiger partial charge in [0.2, 0.25) is 0 Å². The van der Waals surface area contributed by atoms with E-state index in [1.807, 2.05) is 0 Å². The second-order valence-corrected chi connectivity index (χ2v) is 5.79. The quantitative estimate of drug-likeness (QED) is 0.849. The van der Waals surface area contributed by atoms with E-state index in [0.717, 1.165) is 36.8 Å². The maximum Gasteiger partial charge on any atom is 0.138 e. The summed E-state index contributed by atoms with van der Waals surface area (Å²) in [4.78, 5) is 0. The first-order chi connectivity index (χ1) is 8.18. The molecule has 2 aliphatic carbocycles. The number of aryl methyl sites for hydroxylation is 1. The highest BCUT2D eigenvalue weighted by atomic mass is 35.5. The summed E-state index contributed by atoms with van der Waals surface area (Å²) in [5.74, 6) is 0.287. The zero-order valence-electron chi connectivity index (χ0n) is 9.93. The molecule has 1 aromatic rings. The molecule has 2 aliphatic rings. The van der Waals surface area contributed by atoms with Crippen molar-refractivity contribution < 1.29 is 5.11 Å². The predicted octanol–water partition coefficient (Wildman–Crippen LogP) is 2.91. The number of hydrogen-bond donors (Lipinski definition) is 2. The molecular formula is C14H18ClNO. The third-order valence-electron chi connectivity index (χ3n) is 4.37. The van der Waals surface area contributed by atoms with Crippen LogP contribution in [0.5, 0.6) is 5.75 Å². The van der Waals surface area contributed by atoms with E-state index in [0.29, 0.717) is 11.6 Å². The van der Waals surface area contributed by atoms with Crippen LogP contribution >= 0.6 is 11.6 Å². The van der Waals surface area contributed by atoms with Gasteiger partial charge in [0.05, 0.1) is 5.02 Å². The van der Waals surface area contributed by atoms with Gasteiger partial charge in [-0.15, -0.1) is 0 Å². The zero-order chi connectivity index (χ0) is 12.0. The second-order valence-electron chi connectivity index (χ2n) is 5.42. The van der Waals surface area contributed by atoms with Gasteiger partial charge in [0.1, 0.15) is 5.75 Å². The average Bonchev–Trinajstić information content (AvgIpc) is 3.15. The van der Waals surface area contributed by atoms with Gasteiger partial charge in [-0.2, -0.15) is 0 Å². The minimum Gasteiger partial charge on any atom is -0.506 e. The minimum absolute atomic E-state index is 0.0141. The Labute approximate surface area is 107 Å². The number of nitrogens with two attached hydrogens (primary N) is 1. The van der Waals surface area contributed by atoms with Crippen molar-refractivity contribution in [3.63, 3.8) is 0 Å². The van der Waals surface area contributed by atoms with Crippen molar-refractivity contribution in [3.05, 3.63) is 27.8 Å². The second kappa shape index (κ2) is 3.89. The smallest absolute Gasteiger partial charge is 0.138 e. The molecule has 0 aromatic heterocycles.